The van der Waals surface area contributed by atoms with E-state index < -0.39 is 11.1 Å². The van der Waals surface area contributed by atoms with Crippen LogP contribution in [0.15, 0.2) is 52.1 Å². The Hall–Kier alpha value is -3.22. The van der Waals surface area contributed by atoms with Crippen molar-refractivity contribution in [2.45, 2.75) is 25.3 Å². The number of halogens is 1. The van der Waals surface area contributed by atoms with Crippen LogP contribution in [0.5, 0.6) is 0 Å². The molecule has 1 aliphatic heterocycles. The molecule has 1 aromatic heterocycles. The lowest BCUT2D eigenvalue weighted by molar-refractivity contribution is 0.0736. The molecular weight excluding hydrogens is 349 g/mol. The minimum Gasteiger partial charge on any atom is -0.335 e. The van der Waals surface area contributed by atoms with Gasteiger partial charge in [0, 0.05) is 18.2 Å². The van der Waals surface area contributed by atoms with E-state index in [4.69, 9.17) is 0 Å². The van der Waals surface area contributed by atoms with Gasteiger partial charge < -0.3 is 14.9 Å². The smallest absolute Gasteiger partial charge is 0.314 e. The van der Waals surface area contributed by atoms with Crippen LogP contribution >= 0.6 is 0 Å². The van der Waals surface area contributed by atoms with Gasteiger partial charge in [0.1, 0.15) is 5.82 Å². The van der Waals surface area contributed by atoms with E-state index in [-0.39, 0.29) is 17.8 Å². The van der Waals surface area contributed by atoms with Crippen molar-refractivity contribution < 1.29 is 9.18 Å². The van der Waals surface area contributed by atoms with E-state index in [1.807, 2.05) is 6.07 Å². The van der Waals surface area contributed by atoms with E-state index in [1.165, 1.54) is 12.1 Å². The lowest BCUT2D eigenvalue weighted by atomic mass is 10.0. The summed E-state index contributed by atoms with van der Waals surface area (Å²) in [5.41, 5.74) is 0.699. The summed E-state index contributed by atoms with van der Waals surface area (Å²) >= 11 is 0. The van der Waals surface area contributed by atoms with Gasteiger partial charge >= 0.3 is 11.1 Å². The van der Waals surface area contributed by atoms with Crippen LogP contribution in [-0.4, -0.2) is 33.4 Å². The molecule has 7 heteroatoms. The van der Waals surface area contributed by atoms with Crippen LogP contribution < -0.4 is 11.1 Å². The number of fused-ring (bicyclic) bond motifs is 1. The fourth-order valence-corrected chi connectivity index (χ4v) is 3.66. The van der Waals surface area contributed by atoms with Gasteiger partial charge in [-0.15, -0.1) is 0 Å². The normalized spacial score (nSPS) is 16.8. The lowest BCUT2D eigenvalue weighted by Gasteiger charge is -2.25. The van der Waals surface area contributed by atoms with E-state index in [9.17, 15) is 18.8 Å². The third-order valence-electron chi connectivity index (χ3n) is 4.97. The molecule has 0 radical (unpaired) electrons. The highest BCUT2D eigenvalue weighted by atomic mass is 19.1. The molecule has 2 N–H and O–H groups in total. The molecule has 1 saturated heterocycles. The molecule has 1 atom stereocenters. The highest BCUT2D eigenvalue weighted by Gasteiger charge is 2.29. The Morgan fingerprint density at radius 2 is 1.85 bits per heavy atom. The zero-order valence-corrected chi connectivity index (χ0v) is 14.5. The first-order valence-electron chi connectivity index (χ1n) is 8.83. The molecule has 6 nitrogen and oxygen atoms in total. The van der Waals surface area contributed by atoms with Crippen molar-refractivity contribution in [3.8, 4) is 0 Å². The van der Waals surface area contributed by atoms with Gasteiger partial charge in [-0.25, -0.2) is 4.39 Å². The van der Waals surface area contributed by atoms with Crippen molar-refractivity contribution in [3.63, 3.8) is 0 Å². The molecule has 27 heavy (non-hydrogen) atoms. The molecule has 3 aromatic rings. The standard InChI is InChI=1S/C20H18FN3O3/c21-14-4-1-3-12(9-14)10-15-5-2-8-24(15)20(27)13-6-7-16-17(11-13)23-19(26)18(25)22-16/h1,3-4,6-7,9,11,15H,2,5,8,10H2,(H,22,25)(H,23,26)/t15-/m0/s1. The quantitative estimate of drug-likeness (QED) is 0.696. The van der Waals surface area contributed by atoms with E-state index >= 15 is 0 Å². The molecular formula is C20H18FN3O3. The largest absolute Gasteiger partial charge is 0.335 e. The van der Waals surface area contributed by atoms with Crippen molar-refractivity contribution >= 4 is 16.9 Å². The highest BCUT2D eigenvalue weighted by molar-refractivity contribution is 5.97. The van der Waals surface area contributed by atoms with E-state index in [1.54, 1.807) is 29.2 Å². The van der Waals surface area contributed by atoms with Crippen LogP contribution in [0.2, 0.25) is 0 Å². The van der Waals surface area contributed by atoms with Gasteiger partial charge in [0.05, 0.1) is 11.0 Å². The first kappa shape index (κ1) is 17.2. The molecule has 0 unspecified atom stereocenters. The van der Waals surface area contributed by atoms with Crippen LogP contribution in [0, 0.1) is 5.82 Å². The number of hydrogen-bond donors (Lipinski definition) is 2. The zero-order valence-electron chi connectivity index (χ0n) is 14.5. The van der Waals surface area contributed by atoms with Gasteiger partial charge in [-0.3, -0.25) is 14.4 Å². The molecule has 1 aliphatic rings. The number of H-pyrrole nitrogens is 2. The molecule has 1 amide bonds. The first-order chi connectivity index (χ1) is 13.0. The van der Waals surface area contributed by atoms with Crippen LogP contribution in [0.4, 0.5) is 4.39 Å². The maximum atomic E-state index is 13.4. The molecule has 4 rings (SSSR count). The molecule has 0 saturated carbocycles. The Morgan fingerprint density at radius 3 is 2.63 bits per heavy atom. The Labute approximate surface area is 153 Å². The Morgan fingerprint density at radius 1 is 1.07 bits per heavy atom. The number of amides is 1. The molecule has 2 heterocycles. The molecule has 0 aliphatic carbocycles. The summed E-state index contributed by atoms with van der Waals surface area (Å²) in [4.78, 5) is 42.7. The second kappa shape index (κ2) is 6.83. The number of carbonyl (C=O) groups is 1. The summed E-state index contributed by atoms with van der Waals surface area (Å²) in [6.07, 6.45) is 2.35. The number of aromatic amines is 2. The molecule has 2 aromatic carbocycles. The van der Waals surface area contributed by atoms with E-state index in [0.29, 0.717) is 29.6 Å². The van der Waals surface area contributed by atoms with Crippen LogP contribution in [-0.2, 0) is 6.42 Å². The summed E-state index contributed by atoms with van der Waals surface area (Å²) in [5, 5.41) is 0. The summed E-state index contributed by atoms with van der Waals surface area (Å²) < 4.78 is 13.4. The van der Waals surface area contributed by atoms with Gasteiger partial charge in [0.2, 0.25) is 0 Å². The average molecular weight is 367 g/mol. The number of benzene rings is 2. The first-order valence-corrected chi connectivity index (χ1v) is 8.83. The Bertz CT molecular complexity index is 1140. The van der Waals surface area contributed by atoms with Gasteiger partial charge in [-0.1, -0.05) is 12.1 Å². The van der Waals surface area contributed by atoms with E-state index in [2.05, 4.69) is 9.97 Å². The van der Waals surface area contributed by atoms with Gasteiger partial charge in [0.25, 0.3) is 5.91 Å². The monoisotopic (exact) mass is 367 g/mol. The minimum atomic E-state index is -0.753. The summed E-state index contributed by atoms with van der Waals surface area (Å²) in [6, 6.07) is 11.3. The predicted octanol–water partition coefficient (Wildman–Crippen LogP) is 2.20. The number of likely N-dealkylation sites (tertiary alicyclic amines) is 1. The van der Waals surface area contributed by atoms with Crippen LogP contribution in [0.3, 0.4) is 0 Å². The van der Waals surface area contributed by atoms with Gasteiger partial charge in [0.15, 0.2) is 0 Å². The molecule has 0 bridgehead atoms. The number of hydrogen-bond acceptors (Lipinski definition) is 3. The fourth-order valence-electron chi connectivity index (χ4n) is 3.66. The highest BCUT2D eigenvalue weighted by Crippen LogP contribution is 2.24. The van der Waals surface area contributed by atoms with Crippen molar-refractivity contribution in [3.05, 3.63) is 80.1 Å². The van der Waals surface area contributed by atoms with Gasteiger partial charge in [-0.05, 0) is 55.2 Å². The van der Waals surface area contributed by atoms with Crippen molar-refractivity contribution in [2.75, 3.05) is 6.54 Å². The minimum absolute atomic E-state index is 0.00428. The Kier molecular flexibility index (Phi) is 4.35. The van der Waals surface area contributed by atoms with Gasteiger partial charge in [-0.2, -0.15) is 0 Å². The number of nitrogens with one attached hydrogen (secondary N) is 2. The second-order valence-corrected chi connectivity index (χ2v) is 6.80. The Balaban J connectivity index is 1.61. The summed E-state index contributed by atoms with van der Waals surface area (Å²) in [7, 11) is 0. The number of rotatable bonds is 3. The third-order valence-corrected chi connectivity index (χ3v) is 4.97. The third kappa shape index (κ3) is 3.40. The molecule has 1 fully saturated rings. The second-order valence-electron chi connectivity index (χ2n) is 6.80. The van der Waals surface area contributed by atoms with Crippen molar-refractivity contribution in [1.82, 2.24) is 14.9 Å². The molecule has 0 spiro atoms. The number of carbonyl (C=O) groups excluding carboxylic acids is 1. The summed E-state index contributed by atoms with van der Waals surface area (Å²) in [5.74, 6) is -0.418. The fraction of sp³-hybridized carbons (Fsp3) is 0.250. The number of aromatic nitrogens is 2. The van der Waals surface area contributed by atoms with Crippen LogP contribution in [0.25, 0.3) is 11.0 Å². The van der Waals surface area contributed by atoms with Crippen molar-refractivity contribution in [2.24, 2.45) is 0 Å². The summed E-state index contributed by atoms with van der Waals surface area (Å²) in [6.45, 7) is 0.638. The lowest BCUT2D eigenvalue weighted by Crippen LogP contribution is -2.37. The number of nitrogens with zero attached hydrogens (tertiary/aromatic N) is 1. The maximum absolute atomic E-state index is 13.4. The average Bonchev–Trinajstić information content (AvgIpc) is 3.10. The SMILES string of the molecule is O=C(c1ccc2[nH]c(=O)c(=O)[nH]c2c1)N1CCC[C@H]1Cc1cccc(F)c1. The maximum Gasteiger partial charge on any atom is 0.314 e. The van der Waals surface area contributed by atoms with E-state index in [0.717, 1.165) is 18.4 Å². The van der Waals surface area contributed by atoms with Crippen LogP contribution in [0.1, 0.15) is 28.8 Å². The zero-order chi connectivity index (χ0) is 19.0. The van der Waals surface area contributed by atoms with Crippen molar-refractivity contribution in [1.29, 1.82) is 0 Å². The topological polar surface area (TPSA) is 86.0 Å². The predicted molar refractivity (Wildman–Crippen MR) is 99.4 cm³/mol. The molecule has 138 valence electrons.